The van der Waals surface area contributed by atoms with E-state index in [2.05, 4.69) is 42.3 Å². The van der Waals surface area contributed by atoms with E-state index in [1.165, 1.54) is 27.8 Å². The Kier molecular flexibility index (Phi) is 4.53. The van der Waals surface area contributed by atoms with E-state index < -0.39 is 0 Å². The zero-order valence-electron chi connectivity index (χ0n) is 15.7. The number of hydrogen-bond acceptors (Lipinski definition) is 4. The third-order valence-corrected chi connectivity index (χ3v) is 6.71. The number of hydrogen-bond donors (Lipinski definition) is 0. The molecule has 4 aromatic rings. The molecule has 0 atom stereocenters. The molecule has 0 radical (unpaired) electrons. The maximum absolute atomic E-state index is 6.07. The van der Waals surface area contributed by atoms with Crippen LogP contribution in [0.15, 0.2) is 54.6 Å². The van der Waals surface area contributed by atoms with Crippen molar-refractivity contribution in [3.05, 3.63) is 75.6 Å². The summed E-state index contributed by atoms with van der Waals surface area (Å²) in [6, 6.07) is 18.3. The van der Waals surface area contributed by atoms with E-state index in [0.717, 1.165) is 46.4 Å². The second kappa shape index (κ2) is 7.19. The van der Waals surface area contributed by atoms with E-state index in [1.807, 2.05) is 35.6 Å². The number of halogens is 1. The average molecular weight is 406 g/mol. The first-order valence-corrected chi connectivity index (χ1v) is 10.7. The van der Waals surface area contributed by atoms with Crippen molar-refractivity contribution in [2.75, 3.05) is 11.9 Å². The first-order chi connectivity index (χ1) is 13.7. The Morgan fingerprint density at radius 2 is 1.79 bits per heavy atom. The fourth-order valence-corrected chi connectivity index (χ4v) is 5.29. The Balaban J connectivity index is 1.65. The van der Waals surface area contributed by atoms with Gasteiger partial charge in [0.25, 0.3) is 0 Å². The molecule has 0 amide bonds. The number of fused-ring (bicyclic) bond motifs is 3. The molecule has 3 nitrogen and oxygen atoms in total. The van der Waals surface area contributed by atoms with Crippen molar-refractivity contribution in [3.8, 4) is 11.4 Å². The van der Waals surface area contributed by atoms with E-state index in [9.17, 15) is 0 Å². The topological polar surface area (TPSA) is 29.0 Å². The number of anilines is 1. The van der Waals surface area contributed by atoms with Crippen LogP contribution in [-0.4, -0.2) is 17.0 Å². The molecule has 0 bridgehead atoms. The normalized spacial score (nSPS) is 13.1. The molecule has 1 aliphatic carbocycles. The summed E-state index contributed by atoms with van der Waals surface area (Å²) in [6.45, 7) is 0.817. The number of thiophene rings is 1. The molecule has 140 valence electrons. The van der Waals surface area contributed by atoms with Gasteiger partial charge in [-0.25, -0.2) is 9.97 Å². The van der Waals surface area contributed by atoms with Crippen molar-refractivity contribution in [3.63, 3.8) is 0 Å². The summed E-state index contributed by atoms with van der Waals surface area (Å²) in [4.78, 5) is 14.8. The van der Waals surface area contributed by atoms with Crippen molar-refractivity contribution in [1.29, 1.82) is 0 Å². The minimum atomic E-state index is 0.723. The maximum Gasteiger partial charge on any atom is 0.163 e. The SMILES string of the molecule is CN(Cc1ccccc1)c1nc(-c2ccc(Cl)cc2)nc2sc3c(c12)CCC3. The summed E-state index contributed by atoms with van der Waals surface area (Å²) in [7, 11) is 2.12. The van der Waals surface area contributed by atoms with E-state index in [4.69, 9.17) is 21.6 Å². The summed E-state index contributed by atoms with van der Waals surface area (Å²) < 4.78 is 0. The van der Waals surface area contributed by atoms with Crippen LogP contribution in [0.3, 0.4) is 0 Å². The monoisotopic (exact) mass is 405 g/mol. The van der Waals surface area contributed by atoms with Crippen LogP contribution in [0, 0.1) is 0 Å². The third kappa shape index (κ3) is 3.17. The number of benzene rings is 2. The molecule has 2 heterocycles. The minimum absolute atomic E-state index is 0.723. The van der Waals surface area contributed by atoms with Gasteiger partial charge in [0, 0.05) is 29.1 Å². The first-order valence-electron chi connectivity index (χ1n) is 9.52. The minimum Gasteiger partial charge on any atom is -0.355 e. The van der Waals surface area contributed by atoms with Gasteiger partial charge in [-0.1, -0.05) is 41.9 Å². The number of rotatable bonds is 4. The number of aryl methyl sites for hydroxylation is 2. The van der Waals surface area contributed by atoms with Crippen molar-refractivity contribution in [1.82, 2.24) is 9.97 Å². The Bertz CT molecular complexity index is 1140. The molecular formula is C23H20ClN3S. The van der Waals surface area contributed by atoms with Crippen molar-refractivity contribution in [2.24, 2.45) is 0 Å². The fraction of sp³-hybridized carbons (Fsp3) is 0.217. The van der Waals surface area contributed by atoms with Crippen LogP contribution in [0.25, 0.3) is 21.6 Å². The number of nitrogens with zero attached hydrogens (tertiary/aromatic N) is 3. The average Bonchev–Trinajstić information content (AvgIpc) is 3.29. The summed E-state index contributed by atoms with van der Waals surface area (Å²) in [5, 5.41) is 1.97. The van der Waals surface area contributed by atoms with Gasteiger partial charge in [-0.2, -0.15) is 0 Å². The lowest BCUT2D eigenvalue weighted by atomic mass is 10.1. The van der Waals surface area contributed by atoms with E-state index in [-0.39, 0.29) is 0 Å². The van der Waals surface area contributed by atoms with Crippen molar-refractivity contribution in [2.45, 2.75) is 25.8 Å². The highest BCUT2D eigenvalue weighted by atomic mass is 35.5. The molecule has 5 heteroatoms. The van der Waals surface area contributed by atoms with Crippen LogP contribution in [0.5, 0.6) is 0 Å². The Morgan fingerprint density at radius 3 is 2.57 bits per heavy atom. The maximum atomic E-state index is 6.07. The van der Waals surface area contributed by atoms with Gasteiger partial charge in [-0.15, -0.1) is 11.3 Å². The molecule has 1 aliphatic rings. The van der Waals surface area contributed by atoms with E-state index >= 15 is 0 Å². The van der Waals surface area contributed by atoms with Crippen LogP contribution < -0.4 is 4.90 Å². The molecule has 28 heavy (non-hydrogen) atoms. The molecule has 2 aromatic heterocycles. The molecule has 2 aromatic carbocycles. The zero-order valence-corrected chi connectivity index (χ0v) is 17.2. The molecule has 0 saturated carbocycles. The van der Waals surface area contributed by atoms with Gasteiger partial charge in [0.15, 0.2) is 5.82 Å². The summed E-state index contributed by atoms with van der Waals surface area (Å²) in [5.41, 5.74) is 3.73. The lowest BCUT2D eigenvalue weighted by Crippen LogP contribution is -2.18. The van der Waals surface area contributed by atoms with Gasteiger partial charge in [-0.3, -0.25) is 0 Å². The third-order valence-electron chi connectivity index (χ3n) is 5.27. The highest BCUT2D eigenvalue weighted by molar-refractivity contribution is 7.19. The molecule has 0 saturated heterocycles. The van der Waals surface area contributed by atoms with Crippen molar-refractivity contribution < 1.29 is 0 Å². The summed E-state index contributed by atoms with van der Waals surface area (Å²) in [6.07, 6.45) is 3.53. The smallest absolute Gasteiger partial charge is 0.163 e. The van der Waals surface area contributed by atoms with Gasteiger partial charge in [0.2, 0.25) is 0 Å². The second-order valence-corrected chi connectivity index (χ2v) is 8.78. The quantitative estimate of drug-likeness (QED) is 0.408. The fourth-order valence-electron chi connectivity index (χ4n) is 3.91. The first kappa shape index (κ1) is 17.7. The summed E-state index contributed by atoms with van der Waals surface area (Å²) >= 11 is 7.90. The zero-order chi connectivity index (χ0) is 19.1. The van der Waals surface area contributed by atoms with E-state index in [0.29, 0.717) is 0 Å². The van der Waals surface area contributed by atoms with Gasteiger partial charge >= 0.3 is 0 Å². The number of aromatic nitrogens is 2. The molecule has 5 rings (SSSR count). The van der Waals surface area contributed by atoms with Crippen LogP contribution in [0.4, 0.5) is 5.82 Å². The van der Waals surface area contributed by atoms with Gasteiger partial charge in [0.05, 0.1) is 5.39 Å². The molecule has 0 N–H and O–H groups in total. The van der Waals surface area contributed by atoms with Crippen LogP contribution >= 0.6 is 22.9 Å². The van der Waals surface area contributed by atoms with Crippen LogP contribution in [0.1, 0.15) is 22.4 Å². The van der Waals surface area contributed by atoms with Gasteiger partial charge in [-0.05, 0) is 54.7 Å². The standard InChI is InChI=1S/C23H20ClN3S/c1-27(14-15-6-3-2-4-7-15)22-20-18-8-5-9-19(18)28-23(20)26-21(25-22)16-10-12-17(24)13-11-16/h2-4,6-7,10-13H,5,8-9,14H2,1H3. The highest BCUT2D eigenvalue weighted by Gasteiger charge is 2.24. The Hall–Kier alpha value is -2.43. The predicted molar refractivity (Wildman–Crippen MR) is 118 cm³/mol. The van der Waals surface area contributed by atoms with Crippen LogP contribution in [-0.2, 0) is 19.4 Å². The molecule has 0 unspecified atom stereocenters. The molecule has 0 fully saturated rings. The lowest BCUT2D eigenvalue weighted by molar-refractivity contribution is 0.897. The largest absolute Gasteiger partial charge is 0.355 e. The van der Waals surface area contributed by atoms with E-state index in [1.54, 1.807) is 0 Å². The summed E-state index contributed by atoms with van der Waals surface area (Å²) in [5.74, 6) is 1.79. The molecule has 0 spiro atoms. The van der Waals surface area contributed by atoms with Crippen LogP contribution in [0.2, 0.25) is 5.02 Å². The predicted octanol–water partition coefficient (Wildman–Crippen LogP) is 6.14. The molecule has 0 aliphatic heterocycles. The second-order valence-electron chi connectivity index (χ2n) is 7.26. The Labute approximate surface area is 173 Å². The van der Waals surface area contributed by atoms with Crippen molar-refractivity contribution >= 4 is 39.0 Å². The van der Waals surface area contributed by atoms with Gasteiger partial charge in [0.1, 0.15) is 10.6 Å². The van der Waals surface area contributed by atoms with Gasteiger partial charge < -0.3 is 4.90 Å². The highest BCUT2D eigenvalue weighted by Crippen LogP contribution is 2.41. The lowest BCUT2D eigenvalue weighted by Gasteiger charge is -2.20. The molecular weight excluding hydrogens is 386 g/mol. The Morgan fingerprint density at radius 1 is 1.00 bits per heavy atom.